The molecule has 1 heterocycles. The van der Waals surface area contributed by atoms with Crippen molar-refractivity contribution in [1.82, 2.24) is 10.2 Å². The zero-order chi connectivity index (χ0) is 13.7. The molecule has 0 spiro atoms. The summed E-state index contributed by atoms with van der Waals surface area (Å²) in [5.74, 6) is -0.0236. The average Bonchev–Trinajstić information content (AvgIpc) is 2.41. The normalized spacial score (nSPS) is 17.8. The third-order valence-corrected chi connectivity index (χ3v) is 3.61. The predicted octanol–water partition coefficient (Wildman–Crippen LogP) is 2.56. The second kappa shape index (κ2) is 6.73. The number of amides is 1. The van der Waals surface area contributed by atoms with E-state index in [1.165, 1.54) is 0 Å². The van der Waals surface area contributed by atoms with Crippen molar-refractivity contribution < 1.29 is 4.79 Å². The minimum absolute atomic E-state index is 0.0236. The standard InChI is InChI=1S/C15H19ClN2O/c1-18-10-8-14(9-11-18)17-15(19)7-4-12-2-5-13(16)6-3-12/h2-7,14H,8-11H2,1H3,(H,17,19)/b7-4+. The molecule has 2 rings (SSSR count). The van der Waals surface area contributed by atoms with E-state index in [4.69, 9.17) is 11.6 Å². The summed E-state index contributed by atoms with van der Waals surface area (Å²) in [5.41, 5.74) is 0.975. The van der Waals surface area contributed by atoms with Crippen LogP contribution in [0.1, 0.15) is 18.4 Å². The number of nitrogens with one attached hydrogen (secondary N) is 1. The summed E-state index contributed by atoms with van der Waals surface area (Å²) in [6, 6.07) is 7.72. The van der Waals surface area contributed by atoms with Crippen LogP contribution >= 0.6 is 11.6 Å². The molecule has 19 heavy (non-hydrogen) atoms. The molecule has 0 bridgehead atoms. The Hall–Kier alpha value is -1.32. The van der Waals surface area contributed by atoms with Gasteiger partial charge in [0, 0.05) is 17.1 Å². The van der Waals surface area contributed by atoms with Crippen LogP contribution < -0.4 is 5.32 Å². The Morgan fingerprint density at radius 1 is 1.32 bits per heavy atom. The summed E-state index contributed by atoms with van der Waals surface area (Å²) in [6.07, 6.45) is 5.44. The Morgan fingerprint density at radius 3 is 2.58 bits per heavy atom. The van der Waals surface area contributed by atoms with E-state index >= 15 is 0 Å². The largest absolute Gasteiger partial charge is 0.350 e. The maximum Gasteiger partial charge on any atom is 0.244 e. The molecule has 1 fully saturated rings. The molecule has 1 amide bonds. The Balaban J connectivity index is 1.82. The van der Waals surface area contributed by atoms with Crippen LogP contribution in [0, 0.1) is 0 Å². The van der Waals surface area contributed by atoms with Crippen LogP contribution in [0.4, 0.5) is 0 Å². The number of rotatable bonds is 3. The van der Waals surface area contributed by atoms with E-state index in [0.29, 0.717) is 11.1 Å². The lowest BCUT2D eigenvalue weighted by molar-refractivity contribution is -0.117. The van der Waals surface area contributed by atoms with Gasteiger partial charge in [0.15, 0.2) is 0 Å². The molecular formula is C15H19ClN2O. The average molecular weight is 279 g/mol. The van der Waals surface area contributed by atoms with Crippen LogP contribution in [-0.2, 0) is 4.79 Å². The molecule has 1 saturated heterocycles. The van der Waals surface area contributed by atoms with Gasteiger partial charge in [0.25, 0.3) is 0 Å². The van der Waals surface area contributed by atoms with E-state index in [1.54, 1.807) is 12.2 Å². The number of nitrogens with zero attached hydrogens (tertiary/aromatic N) is 1. The number of carbonyl (C=O) groups excluding carboxylic acids is 1. The van der Waals surface area contributed by atoms with Gasteiger partial charge >= 0.3 is 0 Å². The maximum absolute atomic E-state index is 11.8. The fourth-order valence-corrected chi connectivity index (χ4v) is 2.27. The highest BCUT2D eigenvalue weighted by molar-refractivity contribution is 6.30. The number of hydrogen-bond donors (Lipinski definition) is 1. The van der Waals surface area contributed by atoms with Crippen molar-refractivity contribution in [3.05, 3.63) is 40.9 Å². The zero-order valence-electron chi connectivity index (χ0n) is 11.1. The number of piperidine rings is 1. The lowest BCUT2D eigenvalue weighted by Crippen LogP contribution is -2.42. The second-order valence-corrected chi connectivity index (χ2v) is 5.41. The number of halogens is 1. The Morgan fingerprint density at radius 2 is 1.95 bits per heavy atom. The number of likely N-dealkylation sites (tertiary alicyclic amines) is 1. The van der Waals surface area contributed by atoms with Gasteiger partial charge in [-0.15, -0.1) is 0 Å². The van der Waals surface area contributed by atoms with Gasteiger partial charge in [-0.1, -0.05) is 23.7 Å². The highest BCUT2D eigenvalue weighted by atomic mass is 35.5. The van der Waals surface area contributed by atoms with Gasteiger partial charge in [0.05, 0.1) is 0 Å². The minimum atomic E-state index is -0.0236. The third kappa shape index (κ3) is 4.69. The molecule has 1 aliphatic rings. The van der Waals surface area contributed by atoms with Crippen molar-refractivity contribution in [1.29, 1.82) is 0 Å². The molecule has 4 heteroatoms. The molecule has 102 valence electrons. The molecule has 1 aromatic carbocycles. The number of hydrogen-bond acceptors (Lipinski definition) is 2. The summed E-state index contributed by atoms with van der Waals surface area (Å²) in [4.78, 5) is 14.1. The van der Waals surface area contributed by atoms with Crippen LogP contribution in [-0.4, -0.2) is 37.0 Å². The predicted molar refractivity (Wildman–Crippen MR) is 79.1 cm³/mol. The quantitative estimate of drug-likeness (QED) is 0.862. The van der Waals surface area contributed by atoms with E-state index in [1.807, 2.05) is 24.3 Å². The first-order chi connectivity index (χ1) is 9.13. The first kappa shape index (κ1) is 14.1. The lowest BCUT2D eigenvalue weighted by atomic mass is 10.1. The Bertz CT molecular complexity index is 448. The smallest absolute Gasteiger partial charge is 0.244 e. The summed E-state index contributed by atoms with van der Waals surface area (Å²) >= 11 is 5.81. The highest BCUT2D eigenvalue weighted by Crippen LogP contribution is 2.11. The summed E-state index contributed by atoms with van der Waals surface area (Å²) in [6.45, 7) is 2.09. The first-order valence-electron chi connectivity index (χ1n) is 6.56. The molecular weight excluding hydrogens is 260 g/mol. The van der Waals surface area contributed by atoms with Crippen molar-refractivity contribution in [3.63, 3.8) is 0 Å². The molecule has 1 N–H and O–H groups in total. The van der Waals surface area contributed by atoms with Crippen molar-refractivity contribution in [2.24, 2.45) is 0 Å². The minimum Gasteiger partial charge on any atom is -0.350 e. The fourth-order valence-electron chi connectivity index (χ4n) is 2.15. The molecule has 1 aliphatic heterocycles. The van der Waals surface area contributed by atoms with Crippen molar-refractivity contribution >= 4 is 23.6 Å². The maximum atomic E-state index is 11.8. The fraction of sp³-hybridized carbons (Fsp3) is 0.400. The van der Waals surface area contributed by atoms with Gasteiger partial charge in [0.1, 0.15) is 0 Å². The Labute approximate surface area is 119 Å². The molecule has 0 aliphatic carbocycles. The van der Waals surface area contributed by atoms with Crippen LogP contribution in [0.3, 0.4) is 0 Å². The van der Waals surface area contributed by atoms with Gasteiger partial charge < -0.3 is 10.2 Å². The van der Waals surface area contributed by atoms with E-state index < -0.39 is 0 Å². The summed E-state index contributed by atoms with van der Waals surface area (Å²) in [5, 5.41) is 3.74. The van der Waals surface area contributed by atoms with E-state index in [2.05, 4.69) is 17.3 Å². The monoisotopic (exact) mass is 278 g/mol. The lowest BCUT2D eigenvalue weighted by Gasteiger charge is -2.29. The highest BCUT2D eigenvalue weighted by Gasteiger charge is 2.17. The molecule has 3 nitrogen and oxygen atoms in total. The van der Waals surface area contributed by atoms with Gasteiger partial charge in [0.2, 0.25) is 5.91 Å². The number of benzene rings is 1. The first-order valence-corrected chi connectivity index (χ1v) is 6.94. The molecule has 0 atom stereocenters. The van der Waals surface area contributed by atoms with Crippen LogP contribution in [0.15, 0.2) is 30.3 Å². The van der Waals surface area contributed by atoms with Gasteiger partial charge in [-0.3, -0.25) is 4.79 Å². The van der Waals surface area contributed by atoms with Gasteiger partial charge in [-0.05, 0) is 56.8 Å². The molecule has 0 radical (unpaired) electrons. The van der Waals surface area contributed by atoms with Gasteiger partial charge in [-0.2, -0.15) is 0 Å². The topological polar surface area (TPSA) is 32.3 Å². The third-order valence-electron chi connectivity index (χ3n) is 3.36. The van der Waals surface area contributed by atoms with E-state index in [0.717, 1.165) is 31.5 Å². The Kier molecular flexibility index (Phi) is 5.00. The molecule has 0 saturated carbocycles. The zero-order valence-corrected chi connectivity index (χ0v) is 11.9. The van der Waals surface area contributed by atoms with Crippen LogP contribution in [0.2, 0.25) is 5.02 Å². The van der Waals surface area contributed by atoms with Crippen LogP contribution in [0.25, 0.3) is 6.08 Å². The van der Waals surface area contributed by atoms with Gasteiger partial charge in [-0.25, -0.2) is 0 Å². The van der Waals surface area contributed by atoms with Crippen molar-refractivity contribution in [2.75, 3.05) is 20.1 Å². The molecule has 0 aromatic heterocycles. The van der Waals surface area contributed by atoms with E-state index in [9.17, 15) is 4.79 Å². The number of carbonyl (C=O) groups is 1. The molecule has 1 aromatic rings. The summed E-state index contributed by atoms with van der Waals surface area (Å²) in [7, 11) is 2.11. The van der Waals surface area contributed by atoms with Crippen molar-refractivity contribution in [3.8, 4) is 0 Å². The summed E-state index contributed by atoms with van der Waals surface area (Å²) < 4.78 is 0. The van der Waals surface area contributed by atoms with E-state index in [-0.39, 0.29) is 5.91 Å². The second-order valence-electron chi connectivity index (χ2n) is 4.97. The SMILES string of the molecule is CN1CCC(NC(=O)/C=C/c2ccc(Cl)cc2)CC1. The molecule has 0 unspecified atom stereocenters. The van der Waals surface area contributed by atoms with Crippen LogP contribution in [0.5, 0.6) is 0 Å². The van der Waals surface area contributed by atoms with Crippen molar-refractivity contribution in [2.45, 2.75) is 18.9 Å².